The van der Waals surface area contributed by atoms with Gasteiger partial charge in [0.1, 0.15) is 24.2 Å². The van der Waals surface area contributed by atoms with E-state index in [0.717, 1.165) is 97.0 Å². The van der Waals surface area contributed by atoms with Crippen molar-refractivity contribution in [3.05, 3.63) is 111 Å². The Morgan fingerprint density at radius 3 is 2.47 bits per heavy atom. The molecule has 11 heteroatoms. The molecule has 1 spiro atoms. The van der Waals surface area contributed by atoms with Gasteiger partial charge in [0, 0.05) is 67.8 Å². The molecule has 0 amide bonds. The molecule has 3 aromatic carbocycles. The van der Waals surface area contributed by atoms with Crippen LogP contribution in [0.1, 0.15) is 59.2 Å². The fourth-order valence-electron chi connectivity index (χ4n) is 9.20. The lowest BCUT2D eigenvalue weighted by atomic mass is 9.81. The van der Waals surface area contributed by atoms with Crippen LogP contribution in [-0.4, -0.2) is 79.2 Å². The molecule has 0 bridgehead atoms. The third kappa shape index (κ3) is 6.95. The first-order valence-corrected chi connectivity index (χ1v) is 19.9. The van der Waals surface area contributed by atoms with Gasteiger partial charge in [0.2, 0.25) is 0 Å². The third-order valence-electron chi connectivity index (χ3n) is 11.8. The second-order valence-electron chi connectivity index (χ2n) is 15.3. The zero-order valence-corrected chi connectivity index (χ0v) is 31.7. The van der Waals surface area contributed by atoms with Crippen molar-refractivity contribution in [2.45, 2.75) is 75.7 Å². The summed E-state index contributed by atoms with van der Waals surface area (Å²) < 4.78 is 41.4. The van der Waals surface area contributed by atoms with Crippen LogP contribution >= 0.6 is 15.9 Å². The molecule has 6 heterocycles. The molecule has 9 rings (SSSR count). The summed E-state index contributed by atoms with van der Waals surface area (Å²) in [7, 11) is 0. The Morgan fingerprint density at radius 1 is 0.887 bits per heavy atom. The molecule has 3 fully saturated rings. The molecule has 0 N–H and O–H groups in total. The highest BCUT2D eigenvalue weighted by atomic mass is 79.9. The number of alkyl halides is 1. The molecule has 53 heavy (non-hydrogen) atoms. The van der Waals surface area contributed by atoms with Gasteiger partial charge in [0.05, 0.1) is 43.3 Å². The Hall–Kier alpha value is -3.61. The molecule has 1 unspecified atom stereocenters. The SMILES string of the molecule is F[C@H]1CN2CCC[C@@]2(COc2nc3c(c(N4CCCOCC4)n2)COC2(COCc4ccc(N(Cc5ccccc5)Cc5ccccc5)c(Br)c42)C3)C1. The Labute approximate surface area is 319 Å². The number of hydrogen-bond acceptors (Lipinski definition) is 9. The lowest BCUT2D eigenvalue weighted by Crippen LogP contribution is -2.45. The van der Waals surface area contributed by atoms with E-state index < -0.39 is 11.8 Å². The maximum absolute atomic E-state index is 14.7. The van der Waals surface area contributed by atoms with Crippen molar-refractivity contribution < 1.29 is 23.3 Å². The van der Waals surface area contributed by atoms with Crippen molar-refractivity contribution in [1.29, 1.82) is 0 Å². The first-order chi connectivity index (χ1) is 26.0. The molecule has 4 aromatic rings. The molecule has 3 saturated heterocycles. The number of ether oxygens (including phenoxy) is 4. The minimum absolute atomic E-state index is 0.289. The quantitative estimate of drug-likeness (QED) is 0.177. The standard InChI is InChI=1S/C42H47BrFN5O4/c43-38-36(48(23-30-9-3-1-4-10-30)24-31-11-5-2-6-12-31)14-13-32-26-51-29-42(37(32)38)22-35-34(27-53-42)39(47-16-8-19-50-20-18-47)46-40(45-35)52-28-41-15-7-17-49(41)25-33(44)21-41/h1-6,9-14,33H,7-8,15-29H2/t33-,41+,42?/m1/s1. The predicted octanol–water partition coefficient (Wildman–Crippen LogP) is 7.13. The summed E-state index contributed by atoms with van der Waals surface area (Å²) in [6, 6.07) is 26.0. The van der Waals surface area contributed by atoms with E-state index in [1.54, 1.807) is 0 Å². The van der Waals surface area contributed by atoms with E-state index in [1.165, 1.54) is 11.1 Å². The number of rotatable bonds is 9. The normalized spacial score (nSPS) is 25.5. The molecule has 3 atom stereocenters. The van der Waals surface area contributed by atoms with Crippen molar-refractivity contribution >= 4 is 27.4 Å². The highest BCUT2D eigenvalue weighted by Crippen LogP contribution is 2.49. The highest BCUT2D eigenvalue weighted by Gasteiger charge is 2.50. The van der Waals surface area contributed by atoms with E-state index in [9.17, 15) is 4.39 Å². The fourth-order valence-corrected chi connectivity index (χ4v) is 10.2. The average Bonchev–Trinajstić information content (AvgIpc) is 3.56. The maximum Gasteiger partial charge on any atom is 0.318 e. The largest absolute Gasteiger partial charge is 0.461 e. The molecule has 278 valence electrons. The molecule has 1 aromatic heterocycles. The first kappa shape index (κ1) is 35.1. The van der Waals surface area contributed by atoms with Crippen molar-refractivity contribution in [1.82, 2.24) is 14.9 Å². The Morgan fingerprint density at radius 2 is 1.68 bits per heavy atom. The van der Waals surface area contributed by atoms with Crippen LogP contribution in [0, 0.1) is 0 Å². The number of fused-ring (bicyclic) bond motifs is 4. The second-order valence-corrected chi connectivity index (χ2v) is 16.1. The van der Waals surface area contributed by atoms with E-state index in [4.69, 9.17) is 28.9 Å². The van der Waals surface area contributed by atoms with Gasteiger partial charge in [0.15, 0.2) is 0 Å². The van der Waals surface area contributed by atoms with Gasteiger partial charge in [-0.25, -0.2) is 4.39 Å². The zero-order valence-electron chi connectivity index (χ0n) is 30.2. The van der Waals surface area contributed by atoms with Crippen molar-refractivity contribution in [3.8, 4) is 6.01 Å². The number of hydrogen-bond donors (Lipinski definition) is 0. The van der Waals surface area contributed by atoms with E-state index in [-0.39, 0.29) is 5.54 Å². The van der Waals surface area contributed by atoms with Gasteiger partial charge in [-0.1, -0.05) is 66.7 Å². The van der Waals surface area contributed by atoms with Gasteiger partial charge in [-0.15, -0.1) is 0 Å². The molecule has 5 aliphatic heterocycles. The van der Waals surface area contributed by atoms with Gasteiger partial charge < -0.3 is 28.7 Å². The lowest BCUT2D eigenvalue weighted by Gasteiger charge is -2.43. The smallest absolute Gasteiger partial charge is 0.318 e. The summed E-state index contributed by atoms with van der Waals surface area (Å²) in [4.78, 5) is 17.2. The Bertz CT molecular complexity index is 1870. The number of aromatic nitrogens is 2. The molecule has 9 nitrogen and oxygen atoms in total. The van der Waals surface area contributed by atoms with Crippen LogP contribution in [0.4, 0.5) is 15.9 Å². The van der Waals surface area contributed by atoms with E-state index >= 15 is 0 Å². The molecule has 0 radical (unpaired) electrons. The topological polar surface area (TPSA) is 72.4 Å². The fraction of sp³-hybridized carbons (Fsp3) is 0.476. The van der Waals surface area contributed by atoms with E-state index in [0.29, 0.717) is 58.4 Å². The van der Waals surface area contributed by atoms with Crippen LogP contribution in [0.2, 0.25) is 0 Å². The molecular formula is C42H47BrFN5O4. The minimum atomic E-state index is -0.820. The van der Waals surface area contributed by atoms with Gasteiger partial charge in [-0.05, 0) is 64.5 Å². The van der Waals surface area contributed by atoms with Gasteiger partial charge in [-0.3, -0.25) is 4.90 Å². The van der Waals surface area contributed by atoms with Gasteiger partial charge in [0.25, 0.3) is 0 Å². The third-order valence-corrected chi connectivity index (χ3v) is 12.6. The van der Waals surface area contributed by atoms with E-state index in [2.05, 4.69) is 103 Å². The second kappa shape index (κ2) is 14.9. The minimum Gasteiger partial charge on any atom is -0.461 e. The van der Waals surface area contributed by atoms with Crippen LogP contribution in [0.3, 0.4) is 0 Å². The van der Waals surface area contributed by atoms with Crippen molar-refractivity contribution in [3.63, 3.8) is 0 Å². The molecule has 0 saturated carbocycles. The number of anilines is 2. The van der Waals surface area contributed by atoms with Gasteiger partial charge in [-0.2, -0.15) is 9.97 Å². The molecule has 5 aliphatic rings. The van der Waals surface area contributed by atoms with Crippen LogP contribution in [0.5, 0.6) is 6.01 Å². The van der Waals surface area contributed by atoms with Crippen LogP contribution < -0.4 is 14.5 Å². The summed E-state index contributed by atoms with van der Waals surface area (Å²) in [5.41, 5.74) is 6.65. The number of halogens is 2. The van der Waals surface area contributed by atoms with Crippen molar-refractivity contribution in [2.24, 2.45) is 0 Å². The zero-order chi connectivity index (χ0) is 35.8. The average molecular weight is 785 g/mol. The van der Waals surface area contributed by atoms with Crippen molar-refractivity contribution in [2.75, 3.05) is 62.4 Å². The van der Waals surface area contributed by atoms with Crippen LogP contribution in [-0.2, 0) is 52.5 Å². The lowest BCUT2D eigenvalue weighted by molar-refractivity contribution is -0.137. The summed E-state index contributed by atoms with van der Waals surface area (Å²) >= 11 is 4.15. The predicted molar refractivity (Wildman–Crippen MR) is 205 cm³/mol. The summed E-state index contributed by atoms with van der Waals surface area (Å²) in [5, 5.41) is 0. The summed E-state index contributed by atoms with van der Waals surface area (Å²) in [6.07, 6.45) is 3.09. The highest BCUT2D eigenvalue weighted by molar-refractivity contribution is 9.10. The van der Waals surface area contributed by atoms with Gasteiger partial charge >= 0.3 is 6.01 Å². The van der Waals surface area contributed by atoms with Crippen LogP contribution in [0.15, 0.2) is 77.3 Å². The monoisotopic (exact) mass is 783 g/mol. The Kier molecular flexibility index (Phi) is 9.87. The summed E-state index contributed by atoms with van der Waals surface area (Å²) in [5.74, 6) is 0.850. The maximum atomic E-state index is 14.7. The first-order valence-electron chi connectivity index (χ1n) is 19.1. The van der Waals surface area contributed by atoms with Crippen LogP contribution in [0.25, 0.3) is 0 Å². The Balaban J connectivity index is 1.08. The molecular weight excluding hydrogens is 737 g/mol. The number of benzene rings is 3. The molecule has 0 aliphatic carbocycles. The summed E-state index contributed by atoms with van der Waals surface area (Å²) in [6.45, 7) is 7.46. The number of nitrogens with zero attached hydrogens (tertiary/aromatic N) is 5. The van der Waals surface area contributed by atoms with E-state index in [1.807, 2.05) is 0 Å².